The molecule has 1 saturated heterocycles. The van der Waals surface area contributed by atoms with Crippen molar-refractivity contribution in [2.45, 2.75) is 38.4 Å². The number of carbonyl (C=O) groups is 1. The number of nitrogens with zero attached hydrogens (tertiary/aromatic N) is 1. The minimum atomic E-state index is -4.32. The van der Waals surface area contributed by atoms with Crippen molar-refractivity contribution in [2.75, 3.05) is 18.4 Å². The van der Waals surface area contributed by atoms with Crippen LogP contribution < -0.4 is 5.32 Å². The topological polar surface area (TPSA) is 32.3 Å². The molecule has 1 atom stereocenters. The number of piperidine rings is 1. The molecule has 1 unspecified atom stereocenters. The van der Waals surface area contributed by atoms with Crippen molar-refractivity contribution < 1.29 is 22.4 Å². The highest BCUT2D eigenvalue weighted by Crippen LogP contribution is 2.29. The number of rotatable bonds is 6. The monoisotopic (exact) mass is 408 g/mol. The van der Waals surface area contributed by atoms with E-state index in [1.165, 1.54) is 24.3 Å². The van der Waals surface area contributed by atoms with E-state index in [4.69, 9.17) is 0 Å². The molecule has 0 aliphatic carbocycles. The number of nitrogens with one attached hydrogen (secondary N) is 1. The van der Waals surface area contributed by atoms with Gasteiger partial charge in [0.1, 0.15) is 5.82 Å². The highest BCUT2D eigenvalue weighted by Gasteiger charge is 2.30. The van der Waals surface area contributed by atoms with E-state index in [9.17, 15) is 22.4 Å². The van der Waals surface area contributed by atoms with Gasteiger partial charge in [0.25, 0.3) is 0 Å². The average molecular weight is 408 g/mol. The first-order valence-corrected chi connectivity index (χ1v) is 9.74. The quantitative estimate of drug-likeness (QED) is 0.643. The Morgan fingerprint density at radius 2 is 1.83 bits per heavy atom. The van der Waals surface area contributed by atoms with E-state index in [1.54, 1.807) is 12.1 Å². The SMILES string of the molecule is O=C(CCC1CCCN(Cc2ccc(C(F)(F)F)cc2)C1)Nc1ccccc1F. The van der Waals surface area contributed by atoms with Crippen LogP contribution in [0.3, 0.4) is 0 Å². The van der Waals surface area contributed by atoms with Crippen molar-refractivity contribution in [3.8, 4) is 0 Å². The van der Waals surface area contributed by atoms with Gasteiger partial charge >= 0.3 is 6.18 Å². The van der Waals surface area contributed by atoms with Crippen molar-refractivity contribution in [1.82, 2.24) is 4.90 Å². The number of hydrogen-bond donors (Lipinski definition) is 1. The van der Waals surface area contributed by atoms with Crippen molar-refractivity contribution in [2.24, 2.45) is 5.92 Å². The molecule has 7 heteroatoms. The zero-order chi connectivity index (χ0) is 20.9. The standard InChI is InChI=1S/C22H24F4N2O/c23-19-5-1-2-6-20(19)27-21(29)12-9-16-4-3-13-28(14-16)15-17-7-10-18(11-8-17)22(24,25)26/h1-2,5-8,10-11,16H,3-4,9,12-15H2,(H,27,29). The number of halogens is 4. The first kappa shape index (κ1) is 21.3. The van der Waals surface area contributed by atoms with Crippen LogP contribution in [-0.2, 0) is 17.5 Å². The van der Waals surface area contributed by atoms with E-state index < -0.39 is 17.6 Å². The van der Waals surface area contributed by atoms with Gasteiger partial charge in [-0.05, 0) is 61.6 Å². The van der Waals surface area contributed by atoms with E-state index in [0.29, 0.717) is 25.3 Å². The molecule has 1 amide bonds. The molecule has 3 rings (SSSR count). The minimum absolute atomic E-state index is 0.185. The summed E-state index contributed by atoms with van der Waals surface area (Å²) in [5.41, 5.74) is 0.389. The molecule has 0 spiro atoms. The maximum absolute atomic E-state index is 13.6. The van der Waals surface area contributed by atoms with Crippen LogP contribution in [0.2, 0.25) is 0 Å². The summed E-state index contributed by atoms with van der Waals surface area (Å²) in [6, 6.07) is 11.3. The normalized spacial score (nSPS) is 17.9. The smallest absolute Gasteiger partial charge is 0.324 e. The number of likely N-dealkylation sites (tertiary alicyclic amines) is 1. The Bertz CT molecular complexity index is 820. The largest absolute Gasteiger partial charge is 0.416 e. The molecule has 0 bridgehead atoms. The highest BCUT2D eigenvalue weighted by atomic mass is 19.4. The van der Waals surface area contributed by atoms with Crippen molar-refractivity contribution in [3.63, 3.8) is 0 Å². The van der Waals surface area contributed by atoms with Crippen molar-refractivity contribution in [1.29, 1.82) is 0 Å². The van der Waals surface area contributed by atoms with Gasteiger partial charge in [-0.3, -0.25) is 9.69 Å². The van der Waals surface area contributed by atoms with E-state index in [1.807, 2.05) is 0 Å². The lowest BCUT2D eigenvalue weighted by Crippen LogP contribution is -2.35. The van der Waals surface area contributed by atoms with Crippen LogP contribution >= 0.6 is 0 Å². The Balaban J connectivity index is 1.46. The molecule has 1 N–H and O–H groups in total. The second kappa shape index (κ2) is 9.39. The van der Waals surface area contributed by atoms with Gasteiger partial charge in [0, 0.05) is 19.5 Å². The van der Waals surface area contributed by atoms with E-state index >= 15 is 0 Å². The van der Waals surface area contributed by atoms with Crippen LogP contribution in [0.1, 0.15) is 36.8 Å². The number of para-hydroxylation sites is 1. The summed E-state index contributed by atoms with van der Waals surface area (Å²) in [6.07, 6.45) is -1.31. The van der Waals surface area contributed by atoms with Crippen LogP contribution in [0, 0.1) is 11.7 Å². The lowest BCUT2D eigenvalue weighted by atomic mass is 9.93. The predicted molar refractivity (Wildman–Crippen MR) is 104 cm³/mol. The molecule has 2 aromatic carbocycles. The Morgan fingerprint density at radius 3 is 2.52 bits per heavy atom. The third-order valence-electron chi connectivity index (χ3n) is 5.22. The highest BCUT2D eigenvalue weighted by molar-refractivity contribution is 5.90. The molecular formula is C22H24F4N2O. The fourth-order valence-corrected chi connectivity index (χ4v) is 3.70. The van der Waals surface area contributed by atoms with Gasteiger partial charge < -0.3 is 5.32 Å². The Morgan fingerprint density at radius 1 is 1.10 bits per heavy atom. The maximum atomic E-state index is 13.6. The predicted octanol–water partition coefficient (Wildman–Crippen LogP) is 5.48. The molecule has 1 fully saturated rings. The number of hydrogen-bond acceptors (Lipinski definition) is 2. The van der Waals surface area contributed by atoms with Crippen LogP contribution in [0.15, 0.2) is 48.5 Å². The Labute approximate surface area is 167 Å². The van der Waals surface area contributed by atoms with Gasteiger partial charge in [-0.25, -0.2) is 4.39 Å². The summed E-state index contributed by atoms with van der Waals surface area (Å²) in [7, 11) is 0. The minimum Gasteiger partial charge on any atom is -0.324 e. The first-order valence-electron chi connectivity index (χ1n) is 9.74. The number of amides is 1. The van der Waals surface area contributed by atoms with Crippen LogP contribution in [0.4, 0.5) is 23.2 Å². The molecule has 156 valence electrons. The third-order valence-corrected chi connectivity index (χ3v) is 5.22. The summed E-state index contributed by atoms with van der Waals surface area (Å²) in [4.78, 5) is 14.3. The summed E-state index contributed by atoms with van der Waals surface area (Å²) in [5, 5.41) is 2.60. The molecule has 1 heterocycles. The van der Waals surface area contributed by atoms with Crippen LogP contribution in [-0.4, -0.2) is 23.9 Å². The summed E-state index contributed by atoms with van der Waals surface area (Å²) >= 11 is 0. The summed E-state index contributed by atoms with van der Waals surface area (Å²) in [6.45, 7) is 2.28. The van der Waals surface area contributed by atoms with E-state index in [-0.39, 0.29) is 11.6 Å². The molecule has 1 aliphatic rings. The molecule has 29 heavy (non-hydrogen) atoms. The average Bonchev–Trinajstić information content (AvgIpc) is 2.68. The number of carbonyl (C=O) groups excluding carboxylic acids is 1. The van der Waals surface area contributed by atoms with Gasteiger partial charge in [0.05, 0.1) is 11.3 Å². The molecule has 0 radical (unpaired) electrons. The maximum Gasteiger partial charge on any atom is 0.416 e. The third kappa shape index (κ3) is 6.29. The van der Waals surface area contributed by atoms with E-state index in [0.717, 1.165) is 43.6 Å². The molecule has 0 aromatic heterocycles. The first-order chi connectivity index (χ1) is 13.8. The van der Waals surface area contributed by atoms with E-state index in [2.05, 4.69) is 10.2 Å². The molecule has 3 nitrogen and oxygen atoms in total. The zero-order valence-electron chi connectivity index (χ0n) is 16.0. The summed E-state index contributed by atoms with van der Waals surface area (Å²) < 4.78 is 51.6. The fourth-order valence-electron chi connectivity index (χ4n) is 3.70. The number of alkyl halides is 3. The Hall–Kier alpha value is -2.41. The van der Waals surface area contributed by atoms with Gasteiger partial charge in [0.15, 0.2) is 0 Å². The molecular weight excluding hydrogens is 384 g/mol. The van der Waals surface area contributed by atoms with Gasteiger partial charge in [-0.15, -0.1) is 0 Å². The second-order valence-corrected chi connectivity index (χ2v) is 7.50. The zero-order valence-corrected chi connectivity index (χ0v) is 16.0. The van der Waals surface area contributed by atoms with Gasteiger partial charge in [-0.2, -0.15) is 13.2 Å². The summed E-state index contributed by atoms with van der Waals surface area (Å²) in [5.74, 6) is -0.333. The van der Waals surface area contributed by atoms with Crippen LogP contribution in [0.25, 0.3) is 0 Å². The second-order valence-electron chi connectivity index (χ2n) is 7.50. The van der Waals surface area contributed by atoms with Gasteiger partial charge in [-0.1, -0.05) is 24.3 Å². The number of benzene rings is 2. The van der Waals surface area contributed by atoms with Crippen molar-refractivity contribution >= 4 is 11.6 Å². The van der Waals surface area contributed by atoms with Gasteiger partial charge in [0.2, 0.25) is 5.91 Å². The Kier molecular flexibility index (Phi) is 6.90. The lowest BCUT2D eigenvalue weighted by molar-refractivity contribution is -0.137. The van der Waals surface area contributed by atoms with Crippen LogP contribution in [0.5, 0.6) is 0 Å². The molecule has 0 saturated carbocycles. The molecule has 2 aromatic rings. The van der Waals surface area contributed by atoms with Crippen molar-refractivity contribution in [3.05, 3.63) is 65.5 Å². The number of anilines is 1. The lowest BCUT2D eigenvalue weighted by Gasteiger charge is -2.32. The fraction of sp³-hybridized carbons (Fsp3) is 0.409. The molecule has 1 aliphatic heterocycles.